The van der Waals surface area contributed by atoms with Crippen LogP contribution in [0.1, 0.15) is 30.3 Å². The van der Waals surface area contributed by atoms with Gasteiger partial charge in [0.05, 0.1) is 22.4 Å². The third kappa shape index (κ3) is 4.97. The number of benzene rings is 1. The number of hydrogen-bond donors (Lipinski definition) is 3. The Bertz CT molecular complexity index is 811. The summed E-state index contributed by atoms with van der Waals surface area (Å²) in [5, 5.41) is 2.08. The van der Waals surface area contributed by atoms with Gasteiger partial charge in [0.15, 0.2) is 0 Å². The van der Waals surface area contributed by atoms with Crippen LogP contribution in [0.4, 0.5) is 0 Å². The van der Waals surface area contributed by atoms with Gasteiger partial charge >= 0.3 is 0 Å². The van der Waals surface area contributed by atoms with Gasteiger partial charge in [0.2, 0.25) is 10.0 Å². The number of aryl methyl sites for hydroxylation is 1. The van der Waals surface area contributed by atoms with Crippen molar-refractivity contribution in [3.8, 4) is 0 Å². The molecule has 148 valence electrons. The number of piperazine rings is 1. The van der Waals surface area contributed by atoms with Crippen LogP contribution in [0.25, 0.3) is 0 Å². The molecule has 27 heavy (non-hydrogen) atoms. The van der Waals surface area contributed by atoms with Crippen molar-refractivity contribution in [2.24, 2.45) is 0 Å². The lowest BCUT2D eigenvalue weighted by molar-refractivity contribution is -1.03. The molecule has 2 aromatic rings. The molecule has 7 heteroatoms. The normalized spacial score (nSPS) is 23.1. The molecular formula is C20H31N3O2S2+2. The summed E-state index contributed by atoms with van der Waals surface area (Å²) in [7, 11) is -3.53. The molecule has 1 aliphatic heterocycles. The maximum absolute atomic E-state index is 12.9. The highest BCUT2D eigenvalue weighted by Gasteiger charge is 2.36. The van der Waals surface area contributed by atoms with Gasteiger partial charge in [0.25, 0.3) is 0 Å². The Hall–Kier alpha value is -1.25. The molecule has 0 spiro atoms. The highest BCUT2D eigenvalue weighted by Crippen LogP contribution is 2.21. The fourth-order valence-electron chi connectivity index (χ4n) is 3.96. The van der Waals surface area contributed by atoms with Crippen molar-refractivity contribution in [3.05, 3.63) is 52.2 Å². The van der Waals surface area contributed by atoms with E-state index in [0.29, 0.717) is 4.90 Å². The third-order valence-corrected chi connectivity index (χ3v) is 8.09. The number of hydrogen-bond acceptors (Lipinski definition) is 3. The zero-order valence-electron chi connectivity index (χ0n) is 16.4. The summed E-state index contributed by atoms with van der Waals surface area (Å²) >= 11 is 1.72. The van der Waals surface area contributed by atoms with Crippen LogP contribution in [0.3, 0.4) is 0 Å². The summed E-state index contributed by atoms with van der Waals surface area (Å²) in [6.45, 7) is 11.8. The van der Waals surface area contributed by atoms with E-state index in [9.17, 15) is 8.42 Å². The van der Waals surface area contributed by atoms with Gasteiger partial charge in [-0.2, -0.15) is 0 Å². The molecule has 0 aliphatic carbocycles. The van der Waals surface area contributed by atoms with Crippen LogP contribution in [-0.2, 0) is 10.0 Å². The summed E-state index contributed by atoms with van der Waals surface area (Å²) in [5.41, 5.74) is 1.05. The molecule has 0 amide bonds. The number of sulfonamides is 1. The Kier molecular flexibility index (Phi) is 6.70. The van der Waals surface area contributed by atoms with Crippen LogP contribution < -0.4 is 14.5 Å². The van der Waals surface area contributed by atoms with Crippen LogP contribution >= 0.6 is 11.3 Å². The summed E-state index contributed by atoms with van der Waals surface area (Å²) < 4.78 is 28.7. The first-order valence-corrected chi connectivity index (χ1v) is 12.1. The predicted molar refractivity (Wildman–Crippen MR) is 110 cm³/mol. The smallest absolute Gasteiger partial charge is 0.241 e. The molecule has 3 rings (SSSR count). The van der Waals surface area contributed by atoms with Crippen molar-refractivity contribution in [3.63, 3.8) is 0 Å². The molecule has 1 fully saturated rings. The van der Waals surface area contributed by atoms with Crippen molar-refractivity contribution < 1.29 is 18.2 Å². The van der Waals surface area contributed by atoms with Gasteiger partial charge in [0, 0.05) is 0 Å². The lowest BCUT2D eigenvalue weighted by Gasteiger charge is -2.36. The maximum atomic E-state index is 12.9. The van der Waals surface area contributed by atoms with Gasteiger partial charge in [-0.1, -0.05) is 23.8 Å². The first-order chi connectivity index (χ1) is 12.9. The van der Waals surface area contributed by atoms with Crippen molar-refractivity contribution in [2.75, 3.05) is 32.7 Å². The van der Waals surface area contributed by atoms with Gasteiger partial charge in [-0.3, -0.25) is 0 Å². The molecule has 0 radical (unpaired) electrons. The van der Waals surface area contributed by atoms with Gasteiger partial charge in [-0.25, -0.2) is 13.1 Å². The minimum absolute atomic E-state index is 0.142. The van der Waals surface area contributed by atoms with Crippen molar-refractivity contribution in [1.29, 1.82) is 0 Å². The largest absolute Gasteiger partial charge is 0.326 e. The SMILES string of the molecule is CC[NH+]1CC[NH+]([C@@H](c2cccs2)[C@@H](C)NS(=O)(=O)c2ccc(C)cc2)CC1. The monoisotopic (exact) mass is 409 g/mol. The quantitative estimate of drug-likeness (QED) is 0.615. The summed E-state index contributed by atoms with van der Waals surface area (Å²) in [6, 6.07) is 11.2. The standard InChI is InChI=1S/C20H29N3O2S2/c1-4-22-11-13-23(14-12-22)20(19-6-5-15-26-19)17(3)21-27(24,25)18-9-7-16(2)8-10-18/h5-10,15,17,20-21H,4,11-14H2,1-3H3/p+2/t17-,20-/m1/s1. The molecule has 2 atom stereocenters. The molecule has 3 N–H and O–H groups in total. The zero-order valence-corrected chi connectivity index (χ0v) is 18.0. The van der Waals surface area contributed by atoms with Crippen molar-refractivity contribution >= 4 is 21.4 Å². The van der Waals surface area contributed by atoms with E-state index in [1.807, 2.05) is 26.0 Å². The second-order valence-electron chi connectivity index (χ2n) is 7.48. The maximum Gasteiger partial charge on any atom is 0.241 e. The first kappa shape index (κ1) is 20.5. The number of likely N-dealkylation sites (N-methyl/N-ethyl adjacent to an activating group) is 1. The van der Waals surface area contributed by atoms with Gasteiger partial charge in [-0.15, -0.1) is 11.3 Å². The summed E-state index contributed by atoms with van der Waals surface area (Å²) in [6.07, 6.45) is 0. The highest BCUT2D eigenvalue weighted by molar-refractivity contribution is 7.89. The predicted octanol–water partition coefficient (Wildman–Crippen LogP) is 0.268. The fourth-order valence-corrected chi connectivity index (χ4v) is 6.20. The molecule has 1 aromatic carbocycles. The second kappa shape index (κ2) is 8.84. The lowest BCUT2D eigenvalue weighted by Crippen LogP contribution is -3.28. The van der Waals surface area contributed by atoms with Gasteiger partial charge in [-0.05, 0) is 44.4 Å². The number of thiophene rings is 1. The fraction of sp³-hybridized carbons (Fsp3) is 0.500. The van der Waals surface area contributed by atoms with Crippen LogP contribution in [0.5, 0.6) is 0 Å². The Morgan fingerprint density at radius 2 is 1.78 bits per heavy atom. The minimum Gasteiger partial charge on any atom is -0.326 e. The molecular weight excluding hydrogens is 378 g/mol. The molecule has 0 unspecified atom stereocenters. The third-order valence-electron chi connectivity index (χ3n) is 5.56. The van der Waals surface area contributed by atoms with E-state index in [1.165, 1.54) is 9.78 Å². The van der Waals surface area contributed by atoms with Crippen LogP contribution in [0.2, 0.25) is 0 Å². The number of rotatable bonds is 7. The van der Waals surface area contributed by atoms with E-state index in [4.69, 9.17) is 0 Å². The van der Waals surface area contributed by atoms with Crippen LogP contribution in [0.15, 0.2) is 46.7 Å². The topological polar surface area (TPSA) is 55.1 Å². The van der Waals surface area contributed by atoms with E-state index >= 15 is 0 Å². The molecule has 0 bridgehead atoms. The molecule has 5 nitrogen and oxygen atoms in total. The minimum atomic E-state index is -3.53. The molecule has 1 saturated heterocycles. The van der Waals surface area contributed by atoms with Gasteiger partial charge < -0.3 is 9.80 Å². The molecule has 1 aromatic heterocycles. The Labute approximate surface area is 167 Å². The lowest BCUT2D eigenvalue weighted by atomic mass is 10.1. The van der Waals surface area contributed by atoms with E-state index in [2.05, 4.69) is 29.2 Å². The Morgan fingerprint density at radius 1 is 1.11 bits per heavy atom. The first-order valence-electron chi connectivity index (χ1n) is 9.71. The Morgan fingerprint density at radius 3 is 2.33 bits per heavy atom. The number of nitrogens with one attached hydrogen (secondary N) is 3. The van der Waals surface area contributed by atoms with Gasteiger partial charge in [0.1, 0.15) is 32.2 Å². The molecule has 2 heterocycles. The van der Waals surface area contributed by atoms with E-state index in [-0.39, 0.29) is 12.1 Å². The van der Waals surface area contributed by atoms with Crippen molar-refractivity contribution in [2.45, 2.75) is 37.8 Å². The van der Waals surface area contributed by atoms with Crippen LogP contribution in [-0.4, -0.2) is 47.2 Å². The average molecular weight is 410 g/mol. The molecule has 0 saturated carbocycles. The van der Waals surface area contributed by atoms with E-state index in [1.54, 1.807) is 28.4 Å². The van der Waals surface area contributed by atoms with E-state index < -0.39 is 10.0 Å². The highest BCUT2D eigenvalue weighted by atomic mass is 32.2. The average Bonchev–Trinajstić information content (AvgIpc) is 3.16. The van der Waals surface area contributed by atoms with Crippen LogP contribution in [0, 0.1) is 6.92 Å². The molecule has 1 aliphatic rings. The summed E-state index contributed by atoms with van der Waals surface area (Å²) in [4.78, 5) is 4.70. The number of quaternary nitrogens is 2. The van der Waals surface area contributed by atoms with E-state index in [0.717, 1.165) is 38.3 Å². The Balaban J connectivity index is 1.79. The van der Waals surface area contributed by atoms with Crippen molar-refractivity contribution in [1.82, 2.24) is 4.72 Å². The zero-order chi connectivity index (χ0) is 19.4. The summed E-state index contributed by atoms with van der Waals surface area (Å²) in [5.74, 6) is 0. The second-order valence-corrected chi connectivity index (χ2v) is 10.2.